The molecule has 0 aliphatic heterocycles. The summed E-state index contributed by atoms with van der Waals surface area (Å²) >= 11 is 1.61. The molecule has 0 bridgehead atoms. The fourth-order valence-electron chi connectivity index (χ4n) is 1.75. The average Bonchev–Trinajstić information content (AvgIpc) is 2.79. The van der Waals surface area contributed by atoms with E-state index in [0.717, 1.165) is 15.2 Å². The van der Waals surface area contributed by atoms with E-state index in [1.54, 1.807) is 11.3 Å². The SMILES string of the molecule is CNC(=O)NC(=O)CN(C)Cc1nc2ccccc2s1. The molecule has 2 rings (SSSR count). The number of carbonyl (C=O) groups excluding carboxylic acids is 2. The van der Waals surface area contributed by atoms with Gasteiger partial charge in [0.05, 0.1) is 23.3 Å². The largest absolute Gasteiger partial charge is 0.341 e. The van der Waals surface area contributed by atoms with Crippen molar-refractivity contribution in [2.24, 2.45) is 0 Å². The van der Waals surface area contributed by atoms with E-state index in [-0.39, 0.29) is 12.5 Å². The molecule has 2 aromatic rings. The molecule has 1 heterocycles. The average molecular weight is 292 g/mol. The second-order valence-corrected chi connectivity index (χ2v) is 5.49. The van der Waals surface area contributed by atoms with Crippen molar-refractivity contribution in [3.05, 3.63) is 29.3 Å². The Morgan fingerprint density at radius 2 is 2.10 bits per heavy atom. The fraction of sp³-hybridized carbons (Fsp3) is 0.308. The number of benzene rings is 1. The summed E-state index contributed by atoms with van der Waals surface area (Å²) in [4.78, 5) is 28.9. The zero-order valence-electron chi connectivity index (χ0n) is 11.3. The minimum atomic E-state index is -0.497. The molecule has 0 spiro atoms. The molecular formula is C13H16N4O2S. The van der Waals surface area contributed by atoms with Gasteiger partial charge < -0.3 is 5.32 Å². The van der Waals surface area contributed by atoms with Gasteiger partial charge >= 0.3 is 6.03 Å². The second-order valence-electron chi connectivity index (χ2n) is 4.37. The Labute approximate surface area is 120 Å². The summed E-state index contributed by atoms with van der Waals surface area (Å²) in [6.07, 6.45) is 0. The summed E-state index contributed by atoms with van der Waals surface area (Å²) in [6, 6.07) is 7.42. The molecule has 0 saturated carbocycles. The van der Waals surface area contributed by atoms with Gasteiger partial charge in [-0.05, 0) is 19.2 Å². The monoisotopic (exact) mass is 292 g/mol. The molecule has 0 saturated heterocycles. The van der Waals surface area contributed by atoms with Crippen LogP contribution in [0.2, 0.25) is 0 Å². The van der Waals surface area contributed by atoms with Crippen LogP contribution in [0, 0.1) is 0 Å². The van der Waals surface area contributed by atoms with Gasteiger partial charge in [0.1, 0.15) is 5.01 Å². The van der Waals surface area contributed by atoms with Crippen LogP contribution in [0.25, 0.3) is 10.2 Å². The number of rotatable bonds is 4. The highest BCUT2D eigenvalue weighted by molar-refractivity contribution is 7.18. The lowest BCUT2D eigenvalue weighted by atomic mass is 10.3. The van der Waals surface area contributed by atoms with E-state index in [0.29, 0.717) is 6.54 Å². The number of thiazole rings is 1. The predicted molar refractivity (Wildman–Crippen MR) is 78.6 cm³/mol. The van der Waals surface area contributed by atoms with Gasteiger partial charge in [-0.3, -0.25) is 15.0 Å². The van der Waals surface area contributed by atoms with Crippen LogP contribution >= 0.6 is 11.3 Å². The maximum atomic E-state index is 11.6. The zero-order valence-corrected chi connectivity index (χ0v) is 12.2. The maximum Gasteiger partial charge on any atom is 0.321 e. The van der Waals surface area contributed by atoms with Crippen LogP contribution in [0.4, 0.5) is 4.79 Å². The topological polar surface area (TPSA) is 74.3 Å². The first kappa shape index (κ1) is 14.4. The minimum absolute atomic E-state index is 0.142. The molecule has 0 unspecified atom stereocenters. The van der Waals surface area contributed by atoms with Crippen molar-refractivity contribution in [3.63, 3.8) is 0 Å². The molecule has 0 radical (unpaired) electrons. The van der Waals surface area contributed by atoms with Crippen molar-refractivity contribution >= 4 is 33.5 Å². The number of fused-ring (bicyclic) bond motifs is 1. The minimum Gasteiger partial charge on any atom is -0.341 e. The Morgan fingerprint density at radius 3 is 2.80 bits per heavy atom. The molecule has 0 aliphatic carbocycles. The van der Waals surface area contributed by atoms with Crippen molar-refractivity contribution in [1.29, 1.82) is 0 Å². The highest BCUT2D eigenvalue weighted by Gasteiger charge is 2.11. The number of hydrogen-bond acceptors (Lipinski definition) is 5. The number of nitrogens with zero attached hydrogens (tertiary/aromatic N) is 2. The Hall–Kier alpha value is -1.99. The number of nitrogens with one attached hydrogen (secondary N) is 2. The summed E-state index contributed by atoms with van der Waals surface area (Å²) in [5.74, 6) is -0.340. The number of urea groups is 1. The number of imide groups is 1. The summed E-state index contributed by atoms with van der Waals surface area (Å²) in [7, 11) is 3.28. The van der Waals surface area contributed by atoms with Gasteiger partial charge in [0.25, 0.3) is 0 Å². The third-order valence-corrected chi connectivity index (χ3v) is 3.66. The maximum absolute atomic E-state index is 11.6. The van der Waals surface area contributed by atoms with Crippen LogP contribution in [-0.4, -0.2) is 42.5 Å². The molecule has 1 aromatic heterocycles. The van der Waals surface area contributed by atoms with E-state index < -0.39 is 6.03 Å². The van der Waals surface area contributed by atoms with Gasteiger partial charge in [-0.1, -0.05) is 12.1 Å². The Morgan fingerprint density at radius 1 is 1.35 bits per heavy atom. The molecule has 3 amide bonds. The van der Waals surface area contributed by atoms with Crippen molar-refractivity contribution in [3.8, 4) is 0 Å². The normalized spacial score (nSPS) is 10.8. The third-order valence-electron chi connectivity index (χ3n) is 2.64. The van der Waals surface area contributed by atoms with Crippen LogP contribution in [-0.2, 0) is 11.3 Å². The fourth-order valence-corrected chi connectivity index (χ4v) is 2.80. The van der Waals surface area contributed by atoms with Gasteiger partial charge in [-0.25, -0.2) is 9.78 Å². The smallest absolute Gasteiger partial charge is 0.321 e. The van der Waals surface area contributed by atoms with Crippen LogP contribution in [0.15, 0.2) is 24.3 Å². The second kappa shape index (κ2) is 6.44. The number of aromatic nitrogens is 1. The number of hydrogen-bond donors (Lipinski definition) is 2. The van der Waals surface area contributed by atoms with Crippen molar-refractivity contribution in [2.45, 2.75) is 6.54 Å². The van der Waals surface area contributed by atoms with E-state index in [4.69, 9.17) is 0 Å². The highest BCUT2D eigenvalue weighted by Crippen LogP contribution is 2.22. The predicted octanol–water partition coefficient (Wildman–Crippen LogP) is 1.18. The standard InChI is InChI=1S/C13H16N4O2S/c1-14-13(19)16-11(18)7-17(2)8-12-15-9-5-3-4-6-10(9)20-12/h3-6H,7-8H2,1-2H3,(H2,14,16,18,19). The molecule has 2 N–H and O–H groups in total. The highest BCUT2D eigenvalue weighted by atomic mass is 32.1. The molecule has 0 aliphatic rings. The van der Waals surface area contributed by atoms with Gasteiger partial charge in [-0.15, -0.1) is 11.3 Å². The molecular weight excluding hydrogens is 276 g/mol. The lowest BCUT2D eigenvalue weighted by Crippen LogP contribution is -2.42. The van der Waals surface area contributed by atoms with Crippen LogP contribution in [0.1, 0.15) is 5.01 Å². The molecule has 0 fully saturated rings. The zero-order chi connectivity index (χ0) is 14.5. The van der Waals surface area contributed by atoms with Crippen LogP contribution in [0.5, 0.6) is 0 Å². The van der Waals surface area contributed by atoms with Crippen LogP contribution in [0.3, 0.4) is 0 Å². The van der Waals surface area contributed by atoms with E-state index in [1.807, 2.05) is 36.2 Å². The Kier molecular flexibility index (Phi) is 4.65. The van der Waals surface area contributed by atoms with E-state index >= 15 is 0 Å². The Bertz CT molecular complexity index is 593. The van der Waals surface area contributed by atoms with Crippen molar-refractivity contribution in [2.75, 3.05) is 20.6 Å². The Balaban J connectivity index is 1.92. The number of carbonyl (C=O) groups is 2. The third kappa shape index (κ3) is 3.75. The number of amides is 3. The van der Waals surface area contributed by atoms with Gasteiger partial charge in [0, 0.05) is 7.05 Å². The van der Waals surface area contributed by atoms with Crippen molar-refractivity contribution in [1.82, 2.24) is 20.5 Å². The number of likely N-dealkylation sites (N-methyl/N-ethyl adjacent to an activating group) is 1. The quantitative estimate of drug-likeness (QED) is 0.887. The summed E-state index contributed by atoms with van der Waals surface area (Å²) < 4.78 is 1.13. The molecule has 6 nitrogen and oxygen atoms in total. The van der Waals surface area contributed by atoms with E-state index in [2.05, 4.69) is 15.6 Å². The summed E-state index contributed by atoms with van der Waals surface area (Å²) in [5.41, 5.74) is 0.968. The van der Waals surface area contributed by atoms with E-state index in [1.165, 1.54) is 7.05 Å². The summed E-state index contributed by atoms with van der Waals surface area (Å²) in [6.45, 7) is 0.712. The lowest BCUT2D eigenvalue weighted by molar-refractivity contribution is -0.120. The molecule has 106 valence electrons. The first-order valence-corrected chi connectivity index (χ1v) is 6.94. The first-order chi connectivity index (χ1) is 9.58. The molecule has 20 heavy (non-hydrogen) atoms. The van der Waals surface area contributed by atoms with Gasteiger partial charge in [0.15, 0.2) is 0 Å². The number of para-hydroxylation sites is 1. The van der Waals surface area contributed by atoms with Gasteiger partial charge in [0.2, 0.25) is 5.91 Å². The van der Waals surface area contributed by atoms with E-state index in [9.17, 15) is 9.59 Å². The van der Waals surface area contributed by atoms with Gasteiger partial charge in [-0.2, -0.15) is 0 Å². The first-order valence-electron chi connectivity index (χ1n) is 6.13. The van der Waals surface area contributed by atoms with Crippen LogP contribution < -0.4 is 10.6 Å². The lowest BCUT2D eigenvalue weighted by Gasteiger charge is -2.13. The molecule has 7 heteroatoms. The molecule has 1 aromatic carbocycles. The molecule has 0 atom stereocenters. The van der Waals surface area contributed by atoms with Crippen molar-refractivity contribution < 1.29 is 9.59 Å². The summed E-state index contributed by atoms with van der Waals surface area (Å²) in [5, 5.41) is 5.51.